The molecule has 0 aliphatic carbocycles. The second-order valence-corrected chi connectivity index (χ2v) is 9.95. The van der Waals surface area contributed by atoms with Crippen LogP contribution in [0, 0.1) is 5.41 Å². The molecule has 0 spiro atoms. The molecule has 1 amide bonds. The fourth-order valence-corrected chi connectivity index (χ4v) is 4.99. The first-order chi connectivity index (χ1) is 20.0. The van der Waals surface area contributed by atoms with Gasteiger partial charge in [-0.05, 0) is 59.8 Å². The number of fused-ring (bicyclic) bond motifs is 1. The lowest BCUT2D eigenvalue weighted by atomic mass is 10.1. The van der Waals surface area contributed by atoms with E-state index >= 15 is 0 Å². The Morgan fingerprint density at radius 3 is 2.39 bits per heavy atom. The van der Waals surface area contributed by atoms with Gasteiger partial charge in [0, 0.05) is 0 Å². The molecule has 2 aliphatic rings. The van der Waals surface area contributed by atoms with Gasteiger partial charge in [0.15, 0.2) is 28.8 Å². The highest BCUT2D eigenvalue weighted by Gasteiger charge is 2.36. The van der Waals surface area contributed by atoms with Crippen LogP contribution in [0.25, 0.3) is 6.08 Å². The molecular weight excluding hydrogens is 568 g/mol. The number of amides is 1. The largest absolute Gasteiger partial charge is 0.493 e. The van der Waals surface area contributed by atoms with Gasteiger partial charge in [0.25, 0.3) is 5.91 Å². The maximum Gasteiger partial charge on any atom is 0.283 e. The van der Waals surface area contributed by atoms with E-state index < -0.39 is 5.91 Å². The average molecular weight is 593 g/mol. The van der Waals surface area contributed by atoms with Crippen molar-refractivity contribution in [3.8, 4) is 28.7 Å². The van der Waals surface area contributed by atoms with Gasteiger partial charge < -0.3 is 23.7 Å². The predicted octanol–water partition coefficient (Wildman–Crippen LogP) is 5.51. The Kier molecular flexibility index (Phi) is 8.76. The Morgan fingerprint density at radius 2 is 1.63 bits per heavy atom. The molecule has 1 N–H and O–H groups in total. The molecule has 41 heavy (non-hydrogen) atoms. The molecule has 0 fully saturated rings. The summed E-state index contributed by atoms with van der Waals surface area (Å²) in [5.41, 5.74) is 0.583. The van der Waals surface area contributed by atoms with Crippen LogP contribution in [-0.2, 0) is 4.79 Å². The van der Waals surface area contributed by atoms with Crippen molar-refractivity contribution in [3.63, 3.8) is 0 Å². The van der Waals surface area contributed by atoms with Crippen LogP contribution in [0.5, 0.6) is 28.7 Å². The minimum Gasteiger partial charge on any atom is -0.493 e. The first-order valence-electron chi connectivity index (χ1n) is 12.4. The summed E-state index contributed by atoms with van der Waals surface area (Å²) in [6, 6.07) is 19.9. The topological polar surface area (TPSA) is 115 Å². The number of methoxy groups -OCH3 is 2. The van der Waals surface area contributed by atoms with Gasteiger partial charge in [-0.1, -0.05) is 41.9 Å². The molecule has 210 valence electrons. The first-order valence-corrected chi connectivity index (χ1v) is 13.6. The maximum atomic E-state index is 12.9. The van der Waals surface area contributed by atoms with Gasteiger partial charge in [0.2, 0.25) is 5.17 Å². The smallest absolute Gasteiger partial charge is 0.283 e. The fraction of sp³-hybridized carbons (Fsp3) is 0.172. The summed E-state index contributed by atoms with van der Waals surface area (Å²) < 4.78 is 28.1. The Morgan fingerprint density at radius 1 is 0.927 bits per heavy atom. The number of aliphatic imine (C=N–C) groups is 1. The Balaban J connectivity index is 1.27. The lowest BCUT2D eigenvalue weighted by molar-refractivity contribution is -0.114. The molecule has 0 saturated heterocycles. The molecule has 10 nitrogen and oxygen atoms in total. The van der Waals surface area contributed by atoms with Crippen LogP contribution in [0.1, 0.15) is 5.56 Å². The summed E-state index contributed by atoms with van der Waals surface area (Å²) in [7, 11) is 3.06. The Labute approximate surface area is 245 Å². The van der Waals surface area contributed by atoms with Crippen molar-refractivity contribution in [1.82, 2.24) is 5.01 Å². The van der Waals surface area contributed by atoms with Crippen LogP contribution >= 0.6 is 23.4 Å². The number of amidine groups is 2. The summed E-state index contributed by atoms with van der Waals surface area (Å²) in [6.45, 7) is 0.615. The SMILES string of the molecule is COc1ccccc1OCCOc1c(Cl)cc(/C=C2\C(=N)N3N=C(COc4ccccc4)SC3=NC2=O)cc1OC. The lowest BCUT2D eigenvalue weighted by Crippen LogP contribution is -2.35. The van der Waals surface area contributed by atoms with E-state index in [0.29, 0.717) is 44.5 Å². The standard InChI is InChI=1S/C29H25ClN4O6S/c1-36-22-10-6-7-11-23(22)38-12-13-39-26-21(30)15-18(16-24(26)37-2)14-20-27(31)34-29(32-28(20)35)41-25(33-34)17-40-19-8-4-3-5-9-19/h3-11,14-16,31H,12-13,17H2,1-2H3/b20-14+,31-27?. The van der Waals surface area contributed by atoms with Gasteiger partial charge in [0.05, 0.1) is 24.8 Å². The third kappa shape index (κ3) is 6.47. The summed E-state index contributed by atoms with van der Waals surface area (Å²) in [5, 5.41) is 15.5. The zero-order chi connectivity index (χ0) is 28.8. The van der Waals surface area contributed by atoms with Gasteiger partial charge in [-0.15, -0.1) is 0 Å². The van der Waals surface area contributed by atoms with Crippen LogP contribution < -0.4 is 23.7 Å². The van der Waals surface area contributed by atoms with Crippen molar-refractivity contribution < 1.29 is 28.5 Å². The van der Waals surface area contributed by atoms with Crippen molar-refractivity contribution in [2.75, 3.05) is 34.0 Å². The minimum absolute atomic E-state index is 0.0559. The van der Waals surface area contributed by atoms with E-state index in [2.05, 4.69) is 10.1 Å². The molecular formula is C29H25ClN4O6S. The molecule has 0 unspecified atom stereocenters. The van der Waals surface area contributed by atoms with Crippen molar-refractivity contribution in [2.24, 2.45) is 10.1 Å². The summed E-state index contributed by atoms with van der Waals surface area (Å²) in [6.07, 6.45) is 1.52. The van der Waals surface area contributed by atoms with E-state index in [0.717, 1.165) is 0 Å². The molecule has 0 aromatic heterocycles. The molecule has 2 aliphatic heterocycles. The van der Waals surface area contributed by atoms with Crippen LogP contribution in [0.3, 0.4) is 0 Å². The van der Waals surface area contributed by atoms with Crippen LogP contribution in [0.15, 0.2) is 82.4 Å². The van der Waals surface area contributed by atoms with Gasteiger partial charge >= 0.3 is 0 Å². The highest BCUT2D eigenvalue weighted by Crippen LogP contribution is 2.38. The molecule has 5 rings (SSSR count). The van der Waals surface area contributed by atoms with E-state index in [9.17, 15) is 4.79 Å². The number of hydrogen-bond donors (Lipinski definition) is 1. The normalized spacial score (nSPS) is 15.3. The summed E-state index contributed by atoms with van der Waals surface area (Å²) in [4.78, 5) is 17.0. The molecule has 0 radical (unpaired) electrons. The minimum atomic E-state index is -0.557. The van der Waals surface area contributed by atoms with E-state index in [1.807, 2.05) is 42.5 Å². The number of thioether (sulfide) groups is 1. The van der Waals surface area contributed by atoms with Crippen molar-refractivity contribution in [3.05, 3.63) is 82.9 Å². The number of halogens is 1. The number of hydrazone groups is 1. The number of rotatable bonds is 11. The summed E-state index contributed by atoms with van der Waals surface area (Å²) in [5.74, 6) is 1.93. The highest BCUT2D eigenvalue weighted by atomic mass is 35.5. The number of nitrogens with one attached hydrogen (secondary N) is 1. The van der Waals surface area contributed by atoms with Crippen LogP contribution in [-0.4, -0.2) is 61.0 Å². The molecule has 0 saturated carbocycles. The number of carbonyl (C=O) groups is 1. The third-order valence-corrected chi connectivity index (χ3v) is 6.98. The zero-order valence-electron chi connectivity index (χ0n) is 22.1. The lowest BCUT2D eigenvalue weighted by Gasteiger charge is -2.20. The van der Waals surface area contributed by atoms with Crippen LogP contribution in [0.2, 0.25) is 5.02 Å². The van der Waals surface area contributed by atoms with Gasteiger partial charge in [-0.25, -0.2) is 0 Å². The molecule has 3 aromatic carbocycles. The van der Waals surface area contributed by atoms with Crippen molar-refractivity contribution in [2.45, 2.75) is 0 Å². The first kappa shape index (κ1) is 28.1. The molecule has 2 heterocycles. The highest BCUT2D eigenvalue weighted by molar-refractivity contribution is 8.27. The van der Waals surface area contributed by atoms with E-state index in [-0.39, 0.29) is 36.3 Å². The van der Waals surface area contributed by atoms with Crippen LogP contribution in [0.4, 0.5) is 0 Å². The van der Waals surface area contributed by atoms with Gasteiger partial charge in [-0.2, -0.15) is 15.1 Å². The van der Waals surface area contributed by atoms with Gasteiger partial charge in [0.1, 0.15) is 30.6 Å². The molecule has 0 atom stereocenters. The second kappa shape index (κ2) is 12.8. The number of hydrogen-bond acceptors (Lipinski definition) is 9. The quantitative estimate of drug-likeness (QED) is 0.229. The molecule has 0 bridgehead atoms. The predicted molar refractivity (Wildman–Crippen MR) is 159 cm³/mol. The number of nitrogens with zero attached hydrogens (tertiary/aromatic N) is 3. The average Bonchev–Trinajstić information content (AvgIpc) is 3.40. The maximum absolute atomic E-state index is 12.9. The number of ether oxygens (including phenoxy) is 5. The molecule has 12 heteroatoms. The zero-order valence-corrected chi connectivity index (χ0v) is 23.7. The number of para-hydroxylation sites is 3. The van der Waals surface area contributed by atoms with Gasteiger partial charge in [-0.3, -0.25) is 10.2 Å². The summed E-state index contributed by atoms with van der Waals surface area (Å²) >= 11 is 7.72. The van der Waals surface area contributed by atoms with E-state index in [4.69, 9.17) is 40.7 Å². The Hall–Kier alpha value is -4.48. The molecule has 3 aromatic rings. The Bertz CT molecular complexity index is 1560. The van der Waals surface area contributed by atoms with Crippen molar-refractivity contribution in [1.29, 1.82) is 5.41 Å². The third-order valence-electron chi connectivity index (χ3n) is 5.82. The van der Waals surface area contributed by atoms with E-state index in [1.165, 1.54) is 30.0 Å². The number of benzene rings is 3. The monoisotopic (exact) mass is 592 g/mol. The second-order valence-electron chi connectivity index (χ2n) is 8.50. The fourth-order valence-electron chi connectivity index (χ4n) is 3.92. The van der Waals surface area contributed by atoms with E-state index in [1.54, 1.807) is 31.4 Å². The van der Waals surface area contributed by atoms with Crippen molar-refractivity contribution >= 4 is 51.4 Å². The number of carbonyl (C=O) groups excluding carboxylic acids is 1.